The summed E-state index contributed by atoms with van der Waals surface area (Å²) in [6.07, 6.45) is 5.45. The Hall–Kier alpha value is -2.92. The number of anilines is 1. The molecule has 2 unspecified atom stereocenters. The third-order valence-electron chi connectivity index (χ3n) is 5.04. The van der Waals surface area contributed by atoms with Crippen molar-refractivity contribution in [2.45, 2.75) is 31.7 Å². The van der Waals surface area contributed by atoms with E-state index in [0.29, 0.717) is 5.75 Å². The standard InChI is InChI=1S/C22H23N3O2/c23-16-5-3-4-15(14-16)22(26)25-17-8-10-18(11-9-17)27-21-12-13-24-20-7-2-1-6-19(20)21/h1-2,6-13,15-16H,3-5,14,23H2,(H,25,26). The van der Waals surface area contributed by atoms with Gasteiger partial charge in [-0.25, -0.2) is 0 Å². The van der Waals surface area contributed by atoms with Crippen molar-refractivity contribution in [2.75, 3.05) is 5.32 Å². The van der Waals surface area contributed by atoms with Gasteiger partial charge in [0.1, 0.15) is 11.5 Å². The van der Waals surface area contributed by atoms with E-state index in [9.17, 15) is 4.79 Å². The molecule has 3 aromatic rings. The first-order valence-corrected chi connectivity index (χ1v) is 9.37. The molecule has 1 heterocycles. The molecule has 3 N–H and O–H groups in total. The third-order valence-corrected chi connectivity index (χ3v) is 5.04. The number of rotatable bonds is 4. The van der Waals surface area contributed by atoms with E-state index < -0.39 is 0 Å². The fourth-order valence-electron chi connectivity index (χ4n) is 3.60. The molecule has 2 aromatic carbocycles. The largest absolute Gasteiger partial charge is 0.457 e. The van der Waals surface area contributed by atoms with E-state index in [2.05, 4.69) is 10.3 Å². The zero-order chi connectivity index (χ0) is 18.6. The number of hydrogen-bond donors (Lipinski definition) is 2. The molecular weight excluding hydrogens is 338 g/mol. The highest BCUT2D eigenvalue weighted by molar-refractivity contribution is 5.92. The van der Waals surface area contributed by atoms with Crippen LogP contribution >= 0.6 is 0 Å². The molecule has 5 nitrogen and oxygen atoms in total. The number of benzene rings is 2. The number of aromatic nitrogens is 1. The number of fused-ring (bicyclic) bond motifs is 1. The van der Waals surface area contributed by atoms with Crippen LogP contribution in [0, 0.1) is 5.92 Å². The summed E-state index contributed by atoms with van der Waals surface area (Å²) in [4.78, 5) is 16.8. The van der Waals surface area contributed by atoms with Gasteiger partial charge in [0.15, 0.2) is 0 Å². The number of nitrogens with two attached hydrogens (primary N) is 1. The van der Waals surface area contributed by atoms with E-state index in [1.54, 1.807) is 6.20 Å². The van der Waals surface area contributed by atoms with Crippen LogP contribution < -0.4 is 15.8 Å². The number of hydrogen-bond acceptors (Lipinski definition) is 4. The third kappa shape index (κ3) is 4.09. The van der Waals surface area contributed by atoms with E-state index in [4.69, 9.17) is 10.5 Å². The number of para-hydroxylation sites is 1. The molecule has 0 spiro atoms. The zero-order valence-corrected chi connectivity index (χ0v) is 15.1. The topological polar surface area (TPSA) is 77.2 Å². The van der Waals surface area contributed by atoms with Crippen LogP contribution in [0.2, 0.25) is 0 Å². The van der Waals surface area contributed by atoms with Crippen molar-refractivity contribution < 1.29 is 9.53 Å². The van der Waals surface area contributed by atoms with Crippen molar-refractivity contribution in [1.29, 1.82) is 0 Å². The predicted octanol–water partition coefficient (Wildman–Crippen LogP) is 4.48. The lowest BCUT2D eigenvalue weighted by molar-refractivity contribution is -0.120. The molecule has 1 amide bonds. The second-order valence-electron chi connectivity index (χ2n) is 7.07. The van der Waals surface area contributed by atoms with Gasteiger partial charge in [-0.1, -0.05) is 18.6 Å². The van der Waals surface area contributed by atoms with Gasteiger partial charge in [0.25, 0.3) is 0 Å². The highest BCUT2D eigenvalue weighted by Gasteiger charge is 2.25. The lowest BCUT2D eigenvalue weighted by atomic mass is 9.85. The average molecular weight is 361 g/mol. The molecule has 0 saturated heterocycles. The van der Waals surface area contributed by atoms with Crippen LogP contribution in [0.15, 0.2) is 60.8 Å². The lowest BCUT2D eigenvalue weighted by Crippen LogP contribution is -2.34. The number of carbonyl (C=O) groups is 1. The minimum Gasteiger partial charge on any atom is -0.457 e. The first kappa shape index (κ1) is 17.5. The second kappa shape index (κ2) is 7.76. The molecule has 138 valence electrons. The van der Waals surface area contributed by atoms with E-state index in [1.165, 1.54) is 0 Å². The number of nitrogens with zero attached hydrogens (tertiary/aromatic N) is 1. The fourth-order valence-corrected chi connectivity index (χ4v) is 3.60. The molecule has 5 heteroatoms. The van der Waals surface area contributed by atoms with Gasteiger partial charge in [-0.2, -0.15) is 0 Å². The van der Waals surface area contributed by atoms with E-state index in [0.717, 1.165) is 48.0 Å². The summed E-state index contributed by atoms with van der Waals surface area (Å²) < 4.78 is 6.01. The first-order valence-electron chi connectivity index (χ1n) is 9.37. The summed E-state index contributed by atoms with van der Waals surface area (Å²) in [5, 5.41) is 3.96. The smallest absolute Gasteiger partial charge is 0.227 e. The number of nitrogens with one attached hydrogen (secondary N) is 1. The highest BCUT2D eigenvalue weighted by Crippen LogP contribution is 2.30. The molecule has 1 aliphatic rings. The van der Waals surface area contributed by atoms with Crippen molar-refractivity contribution in [3.63, 3.8) is 0 Å². The minimum atomic E-state index is 0.00728. The fraction of sp³-hybridized carbons (Fsp3) is 0.273. The predicted molar refractivity (Wildman–Crippen MR) is 107 cm³/mol. The van der Waals surface area contributed by atoms with E-state index in [1.807, 2.05) is 54.6 Å². The summed E-state index contributed by atoms with van der Waals surface area (Å²) in [5.41, 5.74) is 7.65. The van der Waals surface area contributed by atoms with E-state index >= 15 is 0 Å². The van der Waals surface area contributed by atoms with Gasteiger partial charge < -0.3 is 15.8 Å². The quantitative estimate of drug-likeness (QED) is 0.718. The van der Waals surface area contributed by atoms with Crippen LogP contribution in [0.3, 0.4) is 0 Å². The Morgan fingerprint density at radius 1 is 1.07 bits per heavy atom. The van der Waals surface area contributed by atoms with Gasteiger partial charge in [-0.15, -0.1) is 0 Å². The monoisotopic (exact) mass is 361 g/mol. The molecule has 0 aliphatic heterocycles. The number of carbonyl (C=O) groups excluding carboxylic acids is 1. The zero-order valence-electron chi connectivity index (χ0n) is 15.1. The normalized spacial score (nSPS) is 19.6. The van der Waals surface area contributed by atoms with Gasteiger partial charge in [-0.05, 0) is 61.7 Å². The summed E-state index contributed by atoms with van der Waals surface area (Å²) in [5.74, 6) is 1.53. The van der Waals surface area contributed by atoms with Crippen LogP contribution in [0.4, 0.5) is 5.69 Å². The van der Waals surface area contributed by atoms with E-state index in [-0.39, 0.29) is 17.9 Å². The Morgan fingerprint density at radius 2 is 1.89 bits per heavy atom. The highest BCUT2D eigenvalue weighted by atomic mass is 16.5. The Kier molecular flexibility index (Phi) is 5.03. The number of amides is 1. The molecule has 2 atom stereocenters. The molecule has 0 radical (unpaired) electrons. The first-order chi connectivity index (χ1) is 13.2. The lowest BCUT2D eigenvalue weighted by Gasteiger charge is -2.25. The van der Waals surface area contributed by atoms with Gasteiger partial charge in [0, 0.05) is 29.2 Å². The van der Waals surface area contributed by atoms with Gasteiger partial charge >= 0.3 is 0 Å². The molecule has 1 saturated carbocycles. The second-order valence-corrected chi connectivity index (χ2v) is 7.07. The summed E-state index contributed by atoms with van der Waals surface area (Å²) in [6, 6.07) is 17.3. The van der Waals surface area contributed by atoms with Gasteiger partial charge in [-0.3, -0.25) is 9.78 Å². The summed E-state index contributed by atoms with van der Waals surface area (Å²) >= 11 is 0. The van der Waals surface area contributed by atoms with Crippen LogP contribution in [0.1, 0.15) is 25.7 Å². The molecule has 0 bridgehead atoms. The maximum atomic E-state index is 12.4. The molecule has 1 aliphatic carbocycles. The number of ether oxygens (including phenoxy) is 1. The van der Waals surface area contributed by atoms with Crippen molar-refractivity contribution in [3.05, 3.63) is 60.8 Å². The van der Waals surface area contributed by atoms with Crippen LogP contribution in [0.25, 0.3) is 10.9 Å². The van der Waals surface area contributed by atoms with Crippen molar-refractivity contribution in [2.24, 2.45) is 11.7 Å². The van der Waals surface area contributed by atoms with Gasteiger partial charge in [0.05, 0.1) is 5.52 Å². The number of pyridine rings is 1. The minimum absolute atomic E-state index is 0.00728. The summed E-state index contributed by atoms with van der Waals surface area (Å²) in [6.45, 7) is 0. The summed E-state index contributed by atoms with van der Waals surface area (Å²) in [7, 11) is 0. The Morgan fingerprint density at radius 3 is 2.70 bits per heavy atom. The molecule has 1 aromatic heterocycles. The van der Waals surface area contributed by atoms with Crippen LogP contribution in [-0.4, -0.2) is 16.9 Å². The Labute approximate surface area is 158 Å². The SMILES string of the molecule is NC1CCCC(C(=O)Nc2ccc(Oc3ccnc4ccccc34)cc2)C1. The average Bonchev–Trinajstić information content (AvgIpc) is 2.70. The van der Waals surface area contributed by atoms with Gasteiger partial charge in [0.2, 0.25) is 5.91 Å². The Bertz CT molecular complexity index is 934. The molecular formula is C22H23N3O2. The maximum Gasteiger partial charge on any atom is 0.227 e. The van der Waals surface area contributed by atoms with Crippen LogP contribution in [-0.2, 0) is 4.79 Å². The molecule has 27 heavy (non-hydrogen) atoms. The Balaban J connectivity index is 1.43. The van der Waals surface area contributed by atoms with Crippen LogP contribution in [0.5, 0.6) is 11.5 Å². The molecule has 1 fully saturated rings. The van der Waals surface area contributed by atoms with Crippen molar-refractivity contribution in [1.82, 2.24) is 4.98 Å². The van der Waals surface area contributed by atoms with Crippen molar-refractivity contribution >= 4 is 22.5 Å². The maximum absolute atomic E-state index is 12.4. The van der Waals surface area contributed by atoms with Crippen molar-refractivity contribution in [3.8, 4) is 11.5 Å². The molecule has 4 rings (SSSR count).